The fourth-order valence-corrected chi connectivity index (χ4v) is 4.51. The average molecular weight is 438 g/mol. The van der Waals surface area contributed by atoms with Gasteiger partial charge in [0.05, 0.1) is 11.9 Å². The van der Waals surface area contributed by atoms with Crippen molar-refractivity contribution < 1.29 is 0 Å². The first-order valence-electron chi connectivity index (χ1n) is 11.1. The molecule has 33 heavy (non-hydrogen) atoms. The predicted molar refractivity (Wildman–Crippen MR) is 130 cm³/mol. The Hall–Kier alpha value is -4.04. The van der Waals surface area contributed by atoms with Gasteiger partial charge in [-0.3, -0.25) is 9.36 Å². The van der Waals surface area contributed by atoms with E-state index in [9.17, 15) is 4.79 Å². The number of nitrogens with one attached hydrogen (secondary N) is 1. The highest BCUT2D eigenvalue weighted by Crippen LogP contribution is 2.28. The van der Waals surface area contributed by atoms with Crippen LogP contribution in [0.15, 0.2) is 71.8 Å². The number of nitrogens with zero attached hydrogens (tertiary/aromatic N) is 6. The van der Waals surface area contributed by atoms with Crippen LogP contribution in [-0.2, 0) is 7.05 Å². The molecule has 5 aromatic rings. The molecule has 8 heteroatoms. The van der Waals surface area contributed by atoms with Crippen molar-refractivity contribution in [1.82, 2.24) is 29.4 Å². The van der Waals surface area contributed by atoms with Gasteiger partial charge in [-0.15, -0.1) is 0 Å². The second-order valence-electron chi connectivity index (χ2n) is 8.22. The minimum atomic E-state index is -0.199. The van der Waals surface area contributed by atoms with E-state index in [1.807, 2.05) is 72.4 Å². The summed E-state index contributed by atoms with van der Waals surface area (Å²) in [7, 11) is 1.98. The minimum absolute atomic E-state index is 0.199. The largest absolute Gasteiger partial charge is 0.350 e. The number of aromatic nitrogens is 5. The van der Waals surface area contributed by atoms with Crippen LogP contribution in [0, 0.1) is 0 Å². The first-order chi connectivity index (χ1) is 16.2. The molecule has 0 amide bonds. The number of benzene rings is 2. The van der Waals surface area contributed by atoms with Crippen molar-refractivity contribution in [2.24, 2.45) is 7.05 Å². The molecule has 1 fully saturated rings. The summed E-state index contributed by atoms with van der Waals surface area (Å²) in [5, 5.41) is 4.33. The first kappa shape index (κ1) is 19.6. The lowest BCUT2D eigenvalue weighted by Gasteiger charge is -2.27. The molecular formula is C25H23N7O. The number of hydrogen-bond acceptors (Lipinski definition) is 6. The summed E-state index contributed by atoms with van der Waals surface area (Å²) in [5.41, 5.74) is 3.89. The first-order valence-corrected chi connectivity index (χ1v) is 11.1. The molecule has 1 aliphatic rings. The number of rotatable bonds is 3. The van der Waals surface area contributed by atoms with Gasteiger partial charge < -0.3 is 14.8 Å². The highest BCUT2D eigenvalue weighted by molar-refractivity contribution is 5.95. The summed E-state index contributed by atoms with van der Waals surface area (Å²) in [6.45, 7) is 3.40. The number of piperazine rings is 1. The fourth-order valence-electron chi connectivity index (χ4n) is 4.51. The van der Waals surface area contributed by atoms with E-state index in [-0.39, 0.29) is 5.56 Å². The van der Waals surface area contributed by atoms with Crippen molar-refractivity contribution in [2.75, 3.05) is 31.1 Å². The van der Waals surface area contributed by atoms with Gasteiger partial charge in [0.25, 0.3) is 5.56 Å². The predicted octanol–water partition coefficient (Wildman–Crippen LogP) is 2.74. The molecule has 2 aromatic carbocycles. The lowest BCUT2D eigenvalue weighted by molar-refractivity contribution is 0.580. The number of aryl methyl sites for hydroxylation is 1. The molecule has 164 valence electrons. The van der Waals surface area contributed by atoms with Crippen LogP contribution in [0.2, 0.25) is 0 Å². The van der Waals surface area contributed by atoms with Crippen LogP contribution >= 0.6 is 0 Å². The van der Waals surface area contributed by atoms with Gasteiger partial charge in [0.2, 0.25) is 5.95 Å². The molecule has 1 N–H and O–H groups in total. The monoisotopic (exact) mass is 437 g/mol. The molecule has 0 saturated carbocycles. The van der Waals surface area contributed by atoms with E-state index in [0.29, 0.717) is 22.8 Å². The molecule has 8 nitrogen and oxygen atoms in total. The van der Waals surface area contributed by atoms with E-state index in [1.165, 1.54) is 0 Å². The topological polar surface area (TPSA) is 80.9 Å². The Bertz CT molecular complexity index is 1530. The molecule has 3 aromatic heterocycles. The maximum absolute atomic E-state index is 13.9. The van der Waals surface area contributed by atoms with Crippen LogP contribution in [0.4, 0.5) is 5.95 Å². The van der Waals surface area contributed by atoms with Gasteiger partial charge >= 0.3 is 0 Å². The van der Waals surface area contributed by atoms with E-state index in [0.717, 1.165) is 48.3 Å². The Morgan fingerprint density at radius 3 is 2.52 bits per heavy atom. The van der Waals surface area contributed by atoms with Crippen molar-refractivity contribution in [3.05, 3.63) is 77.3 Å². The molecule has 4 heterocycles. The highest BCUT2D eigenvalue weighted by Gasteiger charge is 2.21. The zero-order valence-corrected chi connectivity index (χ0v) is 18.3. The number of para-hydroxylation sites is 2. The maximum Gasteiger partial charge on any atom is 0.283 e. The van der Waals surface area contributed by atoms with Crippen LogP contribution in [0.3, 0.4) is 0 Å². The van der Waals surface area contributed by atoms with Crippen molar-refractivity contribution in [2.45, 2.75) is 0 Å². The van der Waals surface area contributed by atoms with Crippen molar-refractivity contribution in [3.63, 3.8) is 0 Å². The van der Waals surface area contributed by atoms with Crippen LogP contribution in [0.1, 0.15) is 0 Å². The van der Waals surface area contributed by atoms with Gasteiger partial charge in [-0.05, 0) is 18.2 Å². The Labute approximate surface area is 190 Å². The lowest BCUT2D eigenvalue weighted by atomic mass is 10.1. The zero-order valence-electron chi connectivity index (χ0n) is 18.3. The van der Waals surface area contributed by atoms with E-state index < -0.39 is 0 Å². The summed E-state index contributed by atoms with van der Waals surface area (Å²) in [6.07, 6.45) is 3.69. The highest BCUT2D eigenvalue weighted by atomic mass is 16.1. The van der Waals surface area contributed by atoms with Crippen molar-refractivity contribution in [3.8, 4) is 16.9 Å². The Morgan fingerprint density at radius 1 is 0.939 bits per heavy atom. The van der Waals surface area contributed by atoms with E-state index >= 15 is 0 Å². The smallest absolute Gasteiger partial charge is 0.283 e. The second-order valence-corrected chi connectivity index (χ2v) is 8.22. The minimum Gasteiger partial charge on any atom is -0.350 e. The van der Waals surface area contributed by atoms with Crippen LogP contribution < -0.4 is 15.8 Å². The van der Waals surface area contributed by atoms with Crippen LogP contribution in [0.25, 0.3) is 39.0 Å². The van der Waals surface area contributed by atoms with Gasteiger partial charge in [-0.2, -0.15) is 4.98 Å². The van der Waals surface area contributed by atoms with Crippen LogP contribution in [0.5, 0.6) is 0 Å². The number of anilines is 1. The summed E-state index contributed by atoms with van der Waals surface area (Å²) < 4.78 is 3.68. The van der Waals surface area contributed by atoms with E-state index in [2.05, 4.69) is 15.2 Å². The Morgan fingerprint density at radius 2 is 1.70 bits per heavy atom. The zero-order chi connectivity index (χ0) is 22.4. The second kappa shape index (κ2) is 7.83. The summed E-state index contributed by atoms with van der Waals surface area (Å²) in [6, 6.07) is 17.6. The number of fused-ring (bicyclic) bond motifs is 2. The Kier molecular flexibility index (Phi) is 4.66. The lowest BCUT2D eigenvalue weighted by Crippen LogP contribution is -2.44. The van der Waals surface area contributed by atoms with Crippen molar-refractivity contribution in [1.29, 1.82) is 0 Å². The Balaban J connectivity index is 1.64. The van der Waals surface area contributed by atoms with Crippen molar-refractivity contribution >= 4 is 28.0 Å². The molecule has 6 rings (SSSR count). The van der Waals surface area contributed by atoms with Gasteiger partial charge in [-0.1, -0.05) is 36.4 Å². The molecule has 1 saturated heterocycles. The third-order valence-corrected chi connectivity index (χ3v) is 6.15. The maximum atomic E-state index is 13.9. The normalized spacial score (nSPS) is 14.3. The SMILES string of the molecule is Cn1cc(-c2nc3cnc(N4CCNCC4)nc3n(-c3ccccc3)c2=O)c2ccccc21. The third-order valence-electron chi connectivity index (χ3n) is 6.15. The van der Waals surface area contributed by atoms with Gasteiger partial charge in [0.1, 0.15) is 11.2 Å². The molecular weight excluding hydrogens is 414 g/mol. The fraction of sp³-hybridized carbons (Fsp3) is 0.200. The van der Waals surface area contributed by atoms with E-state index in [1.54, 1.807) is 10.8 Å². The van der Waals surface area contributed by atoms with Gasteiger partial charge in [-0.25, -0.2) is 9.97 Å². The van der Waals surface area contributed by atoms with Crippen LogP contribution in [-0.4, -0.2) is 50.3 Å². The molecule has 0 bridgehead atoms. The summed E-state index contributed by atoms with van der Waals surface area (Å²) >= 11 is 0. The molecule has 0 aliphatic carbocycles. The summed E-state index contributed by atoms with van der Waals surface area (Å²) in [4.78, 5) is 30.3. The van der Waals surface area contributed by atoms with Gasteiger partial charge in [0, 0.05) is 55.9 Å². The van der Waals surface area contributed by atoms with E-state index in [4.69, 9.17) is 9.97 Å². The third kappa shape index (κ3) is 3.27. The molecule has 0 atom stereocenters. The molecule has 1 aliphatic heterocycles. The average Bonchev–Trinajstić information content (AvgIpc) is 3.21. The molecule has 0 radical (unpaired) electrons. The standard InChI is InChI=1S/C25H23N7O/c1-30-16-19(18-9-5-6-10-21(18)30)22-24(33)32(17-7-3-2-4-8-17)23-20(28-22)15-27-25(29-23)31-13-11-26-12-14-31/h2-10,15-16,26H,11-14H2,1H3. The van der Waals surface area contributed by atoms with Gasteiger partial charge in [0.15, 0.2) is 5.65 Å². The quantitative estimate of drug-likeness (QED) is 0.468. The molecule has 0 unspecified atom stereocenters. The number of hydrogen-bond donors (Lipinski definition) is 1. The summed E-state index contributed by atoms with van der Waals surface area (Å²) in [5.74, 6) is 0.618. The molecule has 0 spiro atoms.